The first-order chi connectivity index (χ1) is 19.7. The summed E-state index contributed by atoms with van der Waals surface area (Å²) in [5.74, 6) is -2.76. The van der Waals surface area contributed by atoms with Crippen molar-refractivity contribution in [2.75, 3.05) is 0 Å². The Balaban J connectivity index is 0.000000431. The maximum absolute atomic E-state index is 10.6. The van der Waals surface area contributed by atoms with Crippen molar-refractivity contribution >= 4 is 27.6 Å². The molecule has 0 aliphatic carbocycles. The van der Waals surface area contributed by atoms with Crippen LogP contribution in [0.3, 0.4) is 0 Å². The summed E-state index contributed by atoms with van der Waals surface area (Å²) < 4.78 is 31.7. The van der Waals surface area contributed by atoms with Crippen LogP contribution in [0.25, 0.3) is 55.3 Å². The quantitative estimate of drug-likeness (QED) is 0.233. The van der Waals surface area contributed by atoms with Crippen LogP contribution in [0.1, 0.15) is 5.56 Å². The molecule has 0 aliphatic rings. The standard InChI is InChI=1S/C31H23N3.C2HF3O2/c32-20-21-10-12-24(13-11-21)31-27(23-7-2-1-3-8-23)19-28-29(34-31)16-17-33-30(28)26-15-14-22-6-4-5-9-25(22)18-26;3-2(4,5)1(6)7/h1-19H,20,32H2;(H,6,7). The number of fused-ring (bicyclic) bond motifs is 2. The summed E-state index contributed by atoms with van der Waals surface area (Å²) in [5.41, 5.74) is 14.1. The first-order valence-corrected chi connectivity index (χ1v) is 12.7. The van der Waals surface area contributed by atoms with Crippen molar-refractivity contribution in [1.29, 1.82) is 0 Å². The van der Waals surface area contributed by atoms with Crippen LogP contribution >= 0.6 is 0 Å². The number of rotatable bonds is 4. The van der Waals surface area contributed by atoms with Gasteiger partial charge in [-0.05, 0) is 40.1 Å². The number of carboxylic acids is 1. The average Bonchev–Trinajstić information content (AvgIpc) is 3.00. The lowest BCUT2D eigenvalue weighted by atomic mass is 9.95. The Bertz CT molecular complexity index is 1840. The molecule has 8 heteroatoms. The molecule has 6 rings (SSSR count). The molecule has 2 heterocycles. The van der Waals surface area contributed by atoms with E-state index < -0.39 is 12.1 Å². The van der Waals surface area contributed by atoms with Crippen molar-refractivity contribution in [3.8, 4) is 33.6 Å². The molecule has 0 atom stereocenters. The number of nitrogens with two attached hydrogens (primary N) is 1. The van der Waals surface area contributed by atoms with E-state index in [-0.39, 0.29) is 0 Å². The predicted octanol–water partition coefficient (Wildman–Crippen LogP) is 7.88. The van der Waals surface area contributed by atoms with Gasteiger partial charge >= 0.3 is 12.1 Å². The van der Waals surface area contributed by atoms with Gasteiger partial charge in [0.15, 0.2) is 0 Å². The summed E-state index contributed by atoms with van der Waals surface area (Å²) in [4.78, 5) is 18.8. The maximum Gasteiger partial charge on any atom is 0.490 e. The van der Waals surface area contributed by atoms with E-state index in [4.69, 9.17) is 25.6 Å². The van der Waals surface area contributed by atoms with Gasteiger partial charge in [0.1, 0.15) is 0 Å². The van der Waals surface area contributed by atoms with E-state index in [1.54, 1.807) is 0 Å². The summed E-state index contributed by atoms with van der Waals surface area (Å²) in [6, 6.07) is 37.9. The smallest absolute Gasteiger partial charge is 0.475 e. The Morgan fingerprint density at radius 1 is 0.732 bits per heavy atom. The molecule has 2 aromatic heterocycles. The van der Waals surface area contributed by atoms with Gasteiger partial charge in [0.25, 0.3) is 0 Å². The lowest BCUT2D eigenvalue weighted by Crippen LogP contribution is -2.21. The lowest BCUT2D eigenvalue weighted by molar-refractivity contribution is -0.192. The predicted molar refractivity (Wildman–Crippen MR) is 155 cm³/mol. The Morgan fingerprint density at radius 3 is 2.02 bits per heavy atom. The Morgan fingerprint density at radius 2 is 1.37 bits per heavy atom. The van der Waals surface area contributed by atoms with E-state index in [0.717, 1.165) is 50.1 Å². The number of halogens is 3. The van der Waals surface area contributed by atoms with Gasteiger partial charge in [-0.25, -0.2) is 9.78 Å². The highest BCUT2D eigenvalue weighted by atomic mass is 19.4. The highest BCUT2D eigenvalue weighted by molar-refractivity contribution is 6.00. The first kappa shape index (κ1) is 27.5. The van der Waals surface area contributed by atoms with Crippen LogP contribution in [0.5, 0.6) is 0 Å². The molecular formula is C33H24F3N3O2. The van der Waals surface area contributed by atoms with Gasteiger partial charge in [-0.3, -0.25) is 4.98 Å². The molecule has 0 amide bonds. The van der Waals surface area contributed by atoms with E-state index in [9.17, 15) is 13.2 Å². The van der Waals surface area contributed by atoms with Gasteiger partial charge in [-0.2, -0.15) is 13.2 Å². The normalized spacial score (nSPS) is 11.2. The molecule has 0 saturated carbocycles. The number of pyridine rings is 2. The van der Waals surface area contributed by atoms with Crippen molar-refractivity contribution in [2.24, 2.45) is 5.73 Å². The molecule has 0 aliphatic heterocycles. The third-order valence-electron chi connectivity index (χ3n) is 6.56. The number of nitrogens with zero attached hydrogens (tertiary/aromatic N) is 2. The van der Waals surface area contributed by atoms with Crippen LogP contribution in [0.2, 0.25) is 0 Å². The summed E-state index contributed by atoms with van der Waals surface area (Å²) in [6.07, 6.45) is -3.23. The fourth-order valence-corrected chi connectivity index (χ4v) is 4.52. The van der Waals surface area contributed by atoms with E-state index in [2.05, 4.69) is 97.1 Å². The molecule has 0 bridgehead atoms. The first-order valence-electron chi connectivity index (χ1n) is 12.7. The molecule has 0 radical (unpaired) electrons. The van der Waals surface area contributed by atoms with Crippen molar-refractivity contribution < 1.29 is 23.1 Å². The fraction of sp³-hybridized carbons (Fsp3) is 0.0606. The third kappa shape index (κ3) is 6.08. The van der Waals surface area contributed by atoms with Gasteiger partial charge in [0.2, 0.25) is 0 Å². The van der Waals surface area contributed by atoms with E-state index in [0.29, 0.717) is 6.54 Å². The number of hydrogen-bond donors (Lipinski definition) is 2. The summed E-state index contributed by atoms with van der Waals surface area (Å²) in [6.45, 7) is 0.526. The molecule has 5 nitrogen and oxygen atoms in total. The molecule has 0 unspecified atom stereocenters. The van der Waals surface area contributed by atoms with Gasteiger partial charge < -0.3 is 10.8 Å². The van der Waals surface area contributed by atoms with Gasteiger partial charge in [-0.15, -0.1) is 0 Å². The van der Waals surface area contributed by atoms with E-state index in [1.165, 1.54) is 10.8 Å². The van der Waals surface area contributed by atoms with Crippen molar-refractivity contribution in [1.82, 2.24) is 9.97 Å². The highest BCUT2D eigenvalue weighted by Crippen LogP contribution is 2.36. The highest BCUT2D eigenvalue weighted by Gasteiger charge is 2.38. The van der Waals surface area contributed by atoms with Crippen molar-refractivity contribution in [2.45, 2.75) is 12.7 Å². The number of aliphatic carboxylic acids is 1. The third-order valence-corrected chi connectivity index (χ3v) is 6.56. The second-order valence-electron chi connectivity index (χ2n) is 9.24. The maximum atomic E-state index is 10.6. The fourth-order valence-electron chi connectivity index (χ4n) is 4.52. The molecule has 41 heavy (non-hydrogen) atoms. The van der Waals surface area contributed by atoms with Crippen LogP contribution in [-0.2, 0) is 11.3 Å². The molecule has 204 valence electrons. The van der Waals surface area contributed by atoms with Crippen LogP contribution in [0.15, 0.2) is 115 Å². The molecular weight excluding hydrogens is 527 g/mol. The number of benzene rings is 4. The molecule has 0 fully saturated rings. The van der Waals surface area contributed by atoms with Gasteiger partial charge in [0, 0.05) is 34.8 Å². The topological polar surface area (TPSA) is 89.1 Å². The SMILES string of the molecule is NCc1ccc(-c2nc3ccnc(-c4ccc5ccccc5c4)c3cc2-c2ccccc2)cc1.O=C(O)C(F)(F)F. The van der Waals surface area contributed by atoms with Gasteiger partial charge in [-0.1, -0.05) is 91.0 Å². The van der Waals surface area contributed by atoms with Crippen LogP contribution < -0.4 is 5.73 Å². The van der Waals surface area contributed by atoms with Crippen molar-refractivity contribution in [3.63, 3.8) is 0 Å². The monoisotopic (exact) mass is 551 g/mol. The summed E-state index contributed by atoms with van der Waals surface area (Å²) >= 11 is 0. The van der Waals surface area contributed by atoms with Crippen LogP contribution in [-0.4, -0.2) is 27.2 Å². The van der Waals surface area contributed by atoms with E-state index >= 15 is 0 Å². The molecule has 3 N–H and O–H groups in total. The minimum absolute atomic E-state index is 0.526. The summed E-state index contributed by atoms with van der Waals surface area (Å²) in [7, 11) is 0. The number of carboxylic acid groups (broad SMARTS) is 1. The zero-order valence-electron chi connectivity index (χ0n) is 21.6. The van der Waals surface area contributed by atoms with Crippen LogP contribution in [0, 0.1) is 0 Å². The Kier molecular flexibility index (Phi) is 7.76. The minimum atomic E-state index is -5.08. The number of hydrogen-bond acceptors (Lipinski definition) is 4. The second kappa shape index (κ2) is 11.6. The number of carbonyl (C=O) groups is 1. The zero-order chi connectivity index (χ0) is 29.0. The number of alkyl halides is 3. The molecule has 4 aromatic carbocycles. The summed E-state index contributed by atoms with van der Waals surface area (Å²) in [5, 5.41) is 10.6. The zero-order valence-corrected chi connectivity index (χ0v) is 21.6. The average molecular weight is 552 g/mol. The largest absolute Gasteiger partial charge is 0.490 e. The van der Waals surface area contributed by atoms with Gasteiger partial charge in [0.05, 0.1) is 16.9 Å². The molecule has 0 spiro atoms. The Labute approximate surface area is 233 Å². The number of aromatic nitrogens is 2. The van der Waals surface area contributed by atoms with E-state index in [1.807, 2.05) is 18.3 Å². The second-order valence-corrected chi connectivity index (χ2v) is 9.24. The molecule has 6 aromatic rings. The Hall–Kier alpha value is -5.08. The van der Waals surface area contributed by atoms with Crippen molar-refractivity contribution in [3.05, 3.63) is 121 Å². The van der Waals surface area contributed by atoms with Crippen LogP contribution in [0.4, 0.5) is 13.2 Å². The molecule has 0 saturated heterocycles. The minimum Gasteiger partial charge on any atom is -0.475 e. The lowest BCUT2D eigenvalue weighted by Gasteiger charge is -2.14.